The SMILES string of the molecule is COc1cc(F)ccc1-c1ccc(=O)n(CC(=O)Nc2nc(-c3ccncc3)cs2)n1. The van der Waals surface area contributed by atoms with Gasteiger partial charge >= 0.3 is 0 Å². The van der Waals surface area contributed by atoms with Crippen LogP contribution in [-0.4, -0.2) is 32.8 Å². The predicted molar refractivity (Wildman–Crippen MR) is 114 cm³/mol. The van der Waals surface area contributed by atoms with E-state index in [2.05, 4.69) is 20.4 Å². The van der Waals surface area contributed by atoms with Crippen LogP contribution in [0.2, 0.25) is 0 Å². The van der Waals surface area contributed by atoms with Gasteiger partial charge in [0, 0.05) is 41.0 Å². The van der Waals surface area contributed by atoms with Crippen molar-refractivity contribution in [2.75, 3.05) is 12.4 Å². The van der Waals surface area contributed by atoms with Crippen LogP contribution in [0.4, 0.5) is 9.52 Å². The van der Waals surface area contributed by atoms with Gasteiger partial charge in [-0.1, -0.05) is 0 Å². The summed E-state index contributed by atoms with van der Waals surface area (Å²) in [6, 6.07) is 10.4. The zero-order valence-corrected chi connectivity index (χ0v) is 17.1. The summed E-state index contributed by atoms with van der Waals surface area (Å²) in [5, 5.41) is 9.13. The molecule has 1 amide bonds. The first kappa shape index (κ1) is 20.4. The maximum atomic E-state index is 13.5. The molecule has 4 rings (SSSR count). The summed E-state index contributed by atoms with van der Waals surface area (Å²) in [5.41, 5.74) is 2.02. The van der Waals surface area contributed by atoms with Gasteiger partial charge in [-0.05, 0) is 30.3 Å². The minimum Gasteiger partial charge on any atom is -0.496 e. The summed E-state index contributed by atoms with van der Waals surface area (Å²) in [6.45, 7) is -0.305. The van der Waals surface area contributed by atoms with Crippen LogP contribution in [0, 0.1) is 5.82 Å². The van der Waals surface area contributed by atoms with E-state index in [1.807, 2.05) is 17.5 Å². The molecule has 4 aromatic rings. The molecule has 0 aliphatic rings. The van der Waals surface area contributed by atoms with Crippen molar-refractivity contribution in [1.29, 1.82) is 0 Å². The Kier molecular flexibility index (Phi) is 5.80. The molecule has 0 aliphatic carbocycles. The monoisotopic (exact) mass is 437 g/mol. The number of ether oxygens (including phenoxy) is 1. The highest BCUT2D eigenvalue weighted by atomic mass is 32.1. The quantitative estimate of drug-likeness (QED) is 0.497. The lowest BCUT2D eigenvalue weighted by molar-refractivity contribution is -0.117. The zero-order valence-electron chi connectivity index (χ0n) is 16.3. The van der Waals surface area contributed by atoms with Crippen LogP contribution in [-0.2, 0) is 11.3 Å². The molecule has 8 nitrogen and oxygen atoms in total. The largest absolute Gasteiger partial charge is 0.496 e. The molecule has 0 aliphatic heterocycles. The zero-order chi connectivity index (χ0) is 21.8. The Morgan fingerprint density at radius 3 is 2.74 bits per heavy atom. The van der Waals surface area contributed by atoms with Crippen molar-refractivity contribution in [1.82, 2.24) is 19.7 Å². The van der Waals surface area contributed by atoms with Crippen LogP contribution in [0.3, 0.4) is 0 Å². The van der Waals surface area contributed by atoms with Crippen molar-refractivity contribution < 1.29 is 13.9 Å². The number of rotatable bonds is 6. The molecule has 1 N–H and O–H groups in total. The van der Waals surface area contributed by atoms with Gasteiger partial charge in [0.2, 0.25) is 5.91 Å². The molecule has 0 spiro atoms. The smallest absolute Gasteiger partial charge is 0.267 e. The van der Waals surface area contributed by atoms with Crippen LogP contribution in [0.15, 0.2) is 65.0 Å². The van der Waals surface area contributed by atoms with Crippen molar-refractivity contribution in [2.45, 2.75) is 6.54 Å². The summed E-state index contributed by atoms with van der Waals surface area (Å²) < 4.78 is 19.7. The molecule has 31 heavy (non-hydrogen) atoms. The minimum atomic E-state index is -0.456. The highest BCUT2D eigenvalue weighted by molar-refractivity contribution is 7.14. The average molecular weight is 437 g/mol. The molecule has 0 unspecified atom stereocenters. The number of nitrogens with zero attached hydrogens (tertiary/aromatic N) is 4. The first-order valence-corrected chi connectivity index (χ1v) is 9.99. The van der Waals surface area contributed by atoms with E-state index in [0.29, 0.717) is 22.1 Å². The predicted octanol–water partition coefficient (Wildman–Crippen LogP) is 3.22. The number of amides is 1. The molecular formula is C21H16FN5O3S. The second-order valence-corrected chi connectivity index (χ2v) is 7.24. The number of carbonyl (C=O) groups excluding carboxylic acids is 1. The molecule has 1 aromatic carbocycles. The Morgan fingerprint density at radius 2 is 1.97 bits per heavy atom. The number of anilines is 1. The molecule has 0 fully saturated rings. The molecule has 0 atom stereocenters. The van der Waals surface area contributed by atoms with Crippen LogP contribution in [0.25, 0.3) is 22.5 Å². The van der Waals surface area contributed by atoms with E-state index in [-0.39, 0.29) is 12.3 Å². The highest BCUT2D eigenvalue weighted by Crippen LogP contribution is 2.28. The van der Waals surface area contributed by atoms with E-state index >= 15 is 0 Å². The van der Waals surface area contributed by atoms with Gasteiger partial charge in [0.15, 0.2) is 5.13 Å². The number of carbonyl (C=O) groups is 1. The normalized spacial score (nSPS) is 10.6. The third kappa shape index (κ3) is 4.64. The maximum Gasteiger partial charge on any atom is 0.267 e. The van der Waals surface area contributed by atoms with Gasteiger partial charge in [-0.3, -0.25) is 14.6 Å². The van der Waals surface area contributed by atoms with Crippen LogP contribution in [0.1, 0.15) is 0 Å². The number of thiazole rings is 1. The van der Waals surface area contributed by atoms with Gasteiger partial charge in [0.05, 0.1) is 18.5 Å². The van der Waals surface area contributed by atoms with Gasteiger partial charge in [0.25, 0.3) is 5.56 Å². The van der Waals surface area contributed by atoms with Gasteiger partial charge in [-0.15, -0.1) is 11.3 Å². The number of benzene rings is 1. The Hall–Kier alpha value is -3.92. The Morgan fingerprint density at radius 1 is 1.16 bits per heavy atom. The minimum absolute atomic E-state index is 0.272. The summed E-state index contributed by atoms with van der Waals surface area (Å²) in [5.74, 6) is -0.634. The molecule has 3 aromatic heterocycles. The van der Waals surface area contributed by atoms with Crippen molar-refractivity contribution in [2.24, 2.45) is 0 Å². The lowest BCUT2D eigenvalue weighted by atomic mass is 10.1. The fraction of sp³-hybridized carbons (Fsp3) is 0.0952. The standard InChI is InChI=1S/C21H16FN5O3S/c1-30-18-10-14(22)2-3-15(18)16-4-5-20(29)27(26-16)11-19(28)25-21-24-17(12-31-21)13-6-8-23-9-7-13/h2-10,12H,11H2,1H3,(H,24,25,28). The Bertz CT molecular complexity index is 1290. The molecule has 3 heterocycles. The van der Waals surface area contributed by atoms with E-state index < -0.39 is 17.3 Å². The lowest BCUT2D eigenvalue weighted by Gasteiger charge is -2.10. The second-order valence-electron chi connectivity index (χ2n) is 6.38. The fourth-order valence-corrected chi connectivity index (χ4v) is 3.60. The van der Waals surface area contributed by atoms with Crippen LogP contribution < -0.4 is 15.6 Å². The molecule has 0 saturated heterocycles. The Labute approximate surface area is 180 Å². The number of hydrogen-bond acceptors (Lipinski definition) is 7. The van der Waals surface area contributed by atoms with Crippen LogP contribution in [0.5, 0.6) is 5.75 Å². The summed E-state index contributed by atoms with van der Waals surface area (Å²) in [4.78, 5) is 33.0. The second kappa shape index (κ2) is 8.84. The molecule has 10 heteroatoms. The van der Waals surface area contributed by atoms with Gasteiger partial charge in [0.1, 0.15) is 18.1 Å². The maximum absolute atomic E-state index is 13.5. The van der Waals surface area contributed by atoms with Crippen molar-refractivity contribution in [3.05, 3.63) is 76.4 Å². The fourth-order valence-electron chi connectivity index (χ4n) is 2.86. The third-order valence-corrected chi connectivity index (χ3v) is 5.08. The van der Waals surface area contributed by atoms with Crippen molar-refractivity contribution >= 4 is 22.4 Å². The van der Waals surface area contributed by atoms with E-state index in [4.69, 9.17) is 4.74 Å². The van der Waals surface area contributed by atoms with Gasteiger partial charge in [-0.25, -0.2) is 14.1 Å². The molecule has 0 saturated carbocycles. The summed E-state index contributed by atoms with van der Waals surface area (Å²) in [7, 11) is 1.41. The summed E-state index contributed by atoms with van der Waals surface area (Å²) >= 11 is 1.27. The number of aromatic nitrogens is 4. The van der Waals surface area contributed by atoms with E-state index in [0.717, 1.165) is 10.2 Å². The Balaban J connectivity index is 1.52. The van der Waals surface area contributed by atoms with E-state index in [1.165, 1.54) is 48.8 Å². The first-order chi connectivity index (χ1) is 15.0. The highest BCUT2D eigenvalue weighted by Gasteiger charge is 2.13. The number of methoxy groups -OCH3 is 1. The number of nitrogens with one attached hydrogen (secondary N) is 1. The average Bonchev–Trinajstić information content (AvgIpc) is 3.24. The number of hydrogen-bond donors (Lipinski definition) is 1. The van der Waals surface area contributed by atoms with E-state index in [1.54, 1.807) is 12.4 Å². The molecule has 0 bridgehead atoms. The first-order valence-electron chi connectivity index (χ1n) is 9.11. The number of pyridine rings is 1. The van der Waals surface area contributed by atoms with Crippen molar-refractivity contribution in [3.8, 4) is 28.3 Å². The van der Waals surface area contributed by atoms with E-state index in [9.17, 15) is 14.0 Å². The number of halogens is 1. The van der Waals surface area contributed by atoms with Crippen molar-refractivity contribution in [3.63, 3.8) is 0 Å². The summed E-state index contributed by atoms with van der Waals surface area (Å²) in [6.07, 6.45) is 3.32. The lowest BCUT2D eigenvalue weighted by Crippen LogP contribution is -2.29. The van der Waals surface area contributed by atoms with Gasteiger partial charge < -0.3 is 10.1 Å². The van der Waals surface area contributed by atoms with Crippen LogP contribution >= 0.6 is 11.3 Å². The third-order valence-electron chi connectivity index (χ3n) is 4.33. The molecular weight excluding hydrogens is 421 g/mol. The molecule has 156 valence electrons. The topological polar surface area (TPSA) is 99.0 Å². The molecule has 0 radical (unpaired) electrons. The van der Waals surface area contributed by atoms with Gasteiger partial charge in [-0.2, -0.15) is 5.10 Å².